The Morgan fingerprint density at radius 1 is 1.77 bits per heavy atom. The van der Waals surface area contributed by atoms with Gasteiger partial charge in [0.15, 0.2) is 11.0 Å². The molecule has 1 atom stereocenters. The number of pyridine rings is 1. The fraction of sp³-hybridized carbons (Fsp3) is 0.375. The number of nitrogens with zero attached hydrogens (tertiary/aromatic N) is 1. The molecule has 0 aliphatic carbocycles. The summed E-state index contributed by atoms with van der Waals surface area (Å²) in [5.74, 6) is -0.635. The van der Waals surface area contributed by atoms with Crippen LogP contribution in [-0.2, 0) is 5.54 Å². The number of aromatic nitrogens is 1. The zero-order valence-electron chi connectivity index (χ0n) is 7.09. The van der Waals surface area contributed by atoms with Crippen molar-refractivity contribution < 1.29 is 9.50 Å². The van der Waals surface area contributed by atoms with Crippen LogP contribution in [-0.4, -0.2) is 16.7 Å². The highest BCUT2D eigenvalue weighted by Gasteiger charge is 2.21. The van der Waals surface area contributed by atoms with Gasteiger partial charge in [-0.3, -0.25) is 0 Å². The molecule has 1 heterocycles. The van der Waals surface area contributed by atoms with Crippen LogP contribution < -0.4 is 5.73 Å². The molecule has 0 aliphatic heterocycles. The smallest absolute Gasteiger partial charge is 0.164 e. The van der Waals surface area contributed by atoms with Gasteiger partial charge in [-0.05, 0) is 18.6 Å². The van der Waals surface area contributed by atoms with E-state index in [-0.39, 0.29) is 11.8 Å². The predicted octanol–water partition coefficient (Wildman–Crippen LogP) is 1.04. The van der Waals surface area contributed by atoms with Gasteiger partial charge >= 0.3 is 0 Å². The molecule has 0 saturated carbocycles. The molecule has 5 heteroatoms. The summed E-state index contributed by atoms with van der Waals surface area (Å²) in [7, 11) is 0. The highest BCUT2D eigenvalue weighted by Crippen LogP contribution is 2.20. The monoisotopic (exact) mass is 204 g/mol. The summed E-state index contributed by atoms with van der Waals surface area (Å²) < 4.78 is 12.9. The molecule has 0 bridgehead atoms. The second-order valence-corrected chi connectivity index (χ2v) is 3.43. The van der Waals surface area contributed by atoms with Crippen LogP contribution >= 0.6 is 11.6 Å². The third-order valence-electron chi connectivity index (χ3n) is 1.78. The zero-order chi connectivity index (χ0) is 10.1. The maximum absolute atomic E-state index is 12.9. The minimum absolute atomic E-state index is 0.197. The molecule has 0 unspecified atom stereocenters. The van der Waals surface area contributed by atoms with Gasteiger partial charge in [0, 0.05) is 6.20 Å². The van der Waals surface area contributed by atoms with Gasteiger partial charge in [-0.2, -0.15) is 0 Å². The first-order valence-electron chi connectivity index (χ1n) is 3.68. The van der Waals surface area contributed by atoms with Crippen LogP contribution in [0, 0.1) is 5.82 Å². The van der Waals surface area contributed by atoms with Gasteiger partial charge in [-0.1, -0.05) is 11.6 Å². The van der Waals surface area contributed by atoms with Gasteiger partial charge in [0.1, 0.15) is 0 Å². The van der Waals surface area contributed by atoms with Crippen LogP contribution in [0.15, 0.2) is 12.3 Å². The third kappa shape index (κ3) is 2.15. The Balaban J connectivity index is 3.10. The highest BCUT2D eigenvalue weighted by atomic mass is 35.5. The summed E-state index contributed by atoms with van der Waals surface area (Å²) in [6.07, 6.45) is 1.35. The van der Waals surface area contributed by atoms with Crippen LogP contribution in [0.5, 0.6) is 0 Å². The van der Waals surface area contributed by atoms with Crippen molar-refractivity contribution in [3.63, 3.8) is 0 Å². The van der Waals surface area contributed by atoms with Gasteiger partial charge in [0.25, 0.3) is 0 Å². The molecule has 0 fully saturated rings. The highest BCUT2D eigenvalue weighted by molar-refractivity contribution is 6.29. The number of aliphatic hydroxyl groups is 1. The second kappa shape index (κ2) is 3.57. The summed E-state index contributed by atoms with van der Waals surface area (Å²) >= 11 is 5.38. The Morgan fingerprint density at radius 3 is 2.85 bits per heavy atom. The minimum atomic E-state index is -0.988. The molecular formula is C8H10ClFN2O. The number of halogens is 2. The van der Waals surface area contributed by atoms with E-state index in [1.807, 2.05) is 0 Å². The molecule has 1 aromatic rings. The molecule has 72 valence electrons. The van der Waals surface area contributed by atoms with E-state index >= 15 is 0 Å². The van der Waals surface area contributed by atoms with E-state index in [0.29, 0.717) is 5.56 Å². The molecule has 3 nitrogen and oxygen atoms in total. The molecule has 0 aliphatic rings. The summed E-state index contributed by atoms with van der Waals surface area (Å²) in [6, 6.07) is 1.17. The van der Waals surface area contributed by atoms with E-state index in [4.69, 9.17) is 22.4 Å². The molecule has 13 heavy (non-hydrogen) atoms. The largest absolute Gasteiger partial charge is 0.394 e. The number of hydrogen-bond acceptors (Lipinski definition) is 3. The molecule has 1 aromatic heterocycles. The lowest BCUT2D eigenvalue weighted by molar-refractivity contribution is 0.209. The lowest BCUT2D eigenvalue weighted by Gasteiger charge is -2.21. The maximum atomic E-state index is 12.9. The van der Waals surface area contributed by atoms with Crippen molar-refractivity contribution >= 4 is 11.6 Å². The summed E-state index contributed by atoms with van der Waals surface area (Å²) in [5.41, 5.74) is 5.08. The molecule has 0 amide bonds. The Morgan fingerprint density at radius 2 is 2.38 bits per heavy atom. The average molecular weight is 205 g/mol. The lowest BCUT2D eigenvalue weighted by Crippen LogP contribution is -2.37. The standard InChI is InChI=1S/C8H10ClFN2O/c1-8(11,4-13)5-2-6(10)7(9)12-3-5/h2-3,13H,4,11H2,1H3/t8-/m0/s1. The minimum Gasteiger partial charge on any atom is -0.394 e. The van der Waals surface area contributed by atoms with Gasteiger partial charge in [0.2, 0.25) is 0 Å². The van der Waals surface area contributed by atoms with Crippen molar-refractivity contribution in [2.45, 2.75) is 12.5 Å². The maximum Gasteiger partial charge on any atom is 0.164 e. The van der Waals surface area contributed by atoms with Gasteiger partial charge in [-0.25, -0.2) is 9.37 Å². The quantitative estimate of drug-likeness (QED) is 0.708. The fourth-order valence-corrected chi connectivity index (χ4v) is 0.928. The Labute approximate surface area is 80.3 Å². The first-order chi connectivity index (χ1) is 5.97. The number of hydrogen-bond donors (Lipinski definition) is 2. The van der Waals surface area contributed by atoms with E-state index in [0.717, 1.165) is 0 Å². The molecule has 0 saturated heterocycles. The van der Waals surface area contributed by atoms with Crippen LogP contribution in [0.25, 0.3) is 0 Å². The van der Waals surface area contributed by atoms with E-state index in [2.05, 4.69) is 4.98 Å². The molecule has 1 rings (SSSR count). The third-order valence-corrected chi connectivity index (χ3v) is 2.06. The topological polar surface area (TPSA) is 59.1 Å². The predicted molar refractivity (Wildman–Crippen MR) is 47.8 cm³/mol. The van der Waals surface area contributed by atoms with Crippen molar-refractivity contribution in [3.05, 3.63) is 28.8 Å². The van der Waals surface area contributed by atoms with Gasteiger partial charge in [-0.15, -0.1) is 0 Å². The van der Waals surface area contributed by atoms with Crippen LogP contribution in [0.1, 0.15) is 12.5 Å². The molecule has 0 radical (unpaired) electrons. The van der Waals surface area contributed by atoms with E-state index in [1.54, 1.807) is 6.92 Å². The van der Waals surface area contributed by atoms with Crippen LogP contribution in [0.4, 0.5) is 4.39 Å². The molecule has 0 aromatic carbocycles. The first kappa shape index (κ1) is 10.4. The number of nitrogens with two attached hydrogens (primary N) is 1. The van der Waals surface area contributed by atoms with Crippen LogP contribution in [0.3, 0.4) is 0 Å². The van der Waals surface area contributed by atoms with E-state index in [1.165, 1.54) is 12.3 Å². The Kier molecular flexibility index (Phi) is 2.85. The summed E-state index contributed by atoms with van der Waals surface area (Å²) in [4.78, 5) is 3.59. The van der Waals surface area contributed by atoms with Crippen molar-refractivity contribution in [1.82, 2.24) is 4.98 Å². The Bertz CT molecular complexity index is 317. The first-order valence-corrected chi connectivity index (χ1v) is 4.06. The average Bonchev–Trinajstić information content (AvgIpc) is 2.09. The zero-order valence-corrected chi connectivity index (χ0v) is 7.85. The van der Waals surface area contributed by atoms with Crippen molar-refractivity contribution in [3.8, 4) is 0 Å². The summed E-state index contributed by atoms with van der Waals surface area (Å²) in [5, 5.41) is 8.70. The van der Waals surface area contributed by atoms with E-state index in [9.17, 15) is 4.39 Å². The van der Waals surface area contributed by atoms with Gasteiger partial charge in [0.05, 0.1) is 12.1 Å². The fourth-order valence-electron chi connectivity index (χ4n) is 0.825. The van der Waals surface area contributed by atoms with Crippen LogP contribution in [0.2, 0.25) is 5.15 Å². The Hall–Kier alpha value is -0.710. The van der Waals surface area contributed by atoms with Crippen molar-refractivity contribution in [1.29, 1.82) is 0 Å². The van der Waals surface area contributed by atoms with Crippen molar-refractivity contribution in [2.75, 3.05) is 6.61 Å². The normalized spacial score (nSPS) is 15.5. The van der Waals surface area contributed by atoms with E-state index < -0.39 is 11.4 Å². The van der Waals surface area contributed by atoms with Gasteiger partial charge < -0.3 is 10.8 Å². The number of rotatable bonds is 2. The number of aliphatic hydroxyl groups excluding tert-OH is 1. The van der Waals surface area contributed by atoms with Crippen molar-refractivity contribution in [2.24, 2.45) is 5.73 Å². The SMILES string of the molecule is C[C@](N)(CO)c1cnc(Cl)c(F)c1. The molecule has 0 spiro atoms. The lowest BCUT2D eigenvalue weighted by atomic mass is 9.96. The molecule has 3 N–H and O–H groups in total. The molecular weight excluding hydrogens is 195 g/mol. The second-order valence-electron chi connectivity index (χ2n) is 3.07. The summed E-state index contributed by atoms with van der Waals surface area (Å²) in [6.45, 7) is 1.30.